The molecular formula is C12H26N2S. The summed E-state index contributed by atoms with van der Waals surface area (Å²) in [5, 5.41) is 4.62. The summed E-state index contributed by atoms with van der Waals surface area (Å²) in [6.07, 6.45) is 5.47. The van der Waals surface area contributed by atoms with Crippen molar-refractivity contribution in [3.63, 3.8) is 0 Å². The maximum Gasteiger partial charge on any atom is 0.00780 e. The number of thioether (sulfide) groups is 1. The van der Waals surface area contributed by atoms with E-state index in [0.29, 0.717) is 0 Å². The maximum absolute atomic E-state index is 3.69. The Balaban J connectivity index is 1.99. The van der Waals surface area contributed by atoms with Crippen molar-refractivity contribution < 1.29 is 0 Å². The highest BCUT2D eigenvalue weighted by atomic mass is 32.2. The largest absolute Gasteiger partial charge is 0.314 e. The van der Waals surface area contributed by atoms with E-state index < -0.39 is 0 Å². The zero-order valence-electron chi connectivity index (χ0n) is 10.5. The zero-order valence-corrected chi connectivity index (χ0v) is 11.3. The number of nitrogens with one attached hydrogen (secondary N) is 1. The van der Waals surface area contributed by atoms with E-state index in [-0.39, 0.29) is 0 Å². The highest BCUT2D eigenvalue weighted by Gasteiger charge is 2.23. The standard InChI is InChI=1S/C12H26N2S/c1-4-15-12-7-6-11(10-12)13-8-5-9-14(2)3/h11-13H,4-10H2,1-3H3. The number of nitrogens with zero attached hydrogens (tertiary/aromatic N) is 1. The molecule has 0 radical (unpaired) electrons. The van der Waals surface area contributed by atoms with Crippen molar-refractivity contribution in [2.24, 2.45) is 0 Å². The molecule has 1 N–H and O–H groups in total. The number of hydrogen-bond acceptors (Lipinski definition) is 3. The predicted molar refractivity (Wildman–Crippen MR) is 70.7 cm³/mol. The van der Waals surface area contributed by atoms with E-state index in [9.17, 15) is 0 Å². The molecule has 0 aromatic heterocycles. The van der Waals surface area contributed by atoms with Gasteiger partial charge in [0.2, 0.25) is 0 Å². The van der Waals surface area contributed by atoms with Gasteiger partial charge in [-0.25, -0.2) is 0 Å². The van der Waals surface area contributed by atoms with Crippen LogP contribution in [0.1, 0.15) is 32.6 Å². The van der Waals surface area contributed by atoms with Gasteiger partial charge in [-0.2, -0.15) is 11.8 Å². The van der Waals surface area contributed by atoms with Crippen LogP contribution >= 0.6 is 11.8 Å². The van der Waals surface area contributed by atoms with Crippen molar-refractivity contribution in [1.82, 2.24) is 10.2 Å². The van der Waals surface area contributed by atoms with Crippen LogP contribution in [0.25, 0.3) is 0 Å². The highest BCUT2D eigenvalue weighted by molar-refractivity contribution is 7.99. The average Bonchev–Trinajstić information content (AvgIpc) is 2.61. The number of hydrogen-bond donors (Lipinski definition) is 1. The zero-order chi connectivity index (χ0) is 11.1. The van der Waals surface area contributed by atoms with E-state index in [1.165, 1.54) is 44.5 Å². The lowest BCUT2D eigenvalue weighted by Gasteiger charge is -2.14. The molecule has 1 aliphatic rings. The van der Waals surface area contributed by atoms with Gasteiger partial charge in [0.1, 0.15) is 0 Å². The van der Waals surface area contributed by atoms with Gasteiger partial charge in [0.25, 0.3) is 0 Å². The molecule has 0 spiro atoms. The smallest absolute Gasteiger partial charge is 0.00780 e. The Morgan fingerprint density at radius 3 is 2.80 bits per heavy atom. The van der Waals surface area contributed by atoms with Crippen LogP contribution in [-0.4, -0.2) is 49.1 Å². The van der Waals surface area contributed by atoms with Crippen LogP contribution in [0.4, 0.5) is 0 Å². The van der Waals surface area contributed by atoms with E-state index >= 15 is 0 Å². The Morgan fingerprint density at radius 2 is 2.13 bits per heavy atom. The molecule has 0 aliphatic heterocycles. The fraction of sp³-hybridized carbons (Fsp3) is 1.00. The minimum atomic E-state index is 0.802. The summed E-state index contributed by atoms with van der Waals surface area (Å²) in [6.45, 7) is 4.65. The molecule has 2 atom stereocenters. The molecule has 1 fully saturated rings. The molecule has 1 aliphatic carbocycles. The molecule has 0 heterocycles. The second-order valence-electron chi connectivity index (χ2n) is 4.70. The molecule has 2 nitrogen and oxygen atoms in total. The Morgan fingerprint density at radius 1 is 1.33 bits per heavy atom. The van der Waals surface area contributed by atoms with Crippen LogP contribution in [0.3, 0.4) is 0 Å². The lowest BCUT2D eigenvalue weighted by atomic mass is 10.2. The van der Waals surface area contributed by atoms with Crippen LogP contribution in [0, 0.1) is 0 Å². The first kappa shape index (κ1) is 13.3. The molecular weight excluding hydrogens is 204 g/mol. The lowest BCUT2D eigenvalue weighted by Crippen LogP contribution is -2.29. The van der Waals surface area contributed by atoms with Crippen molar-refractivity contribution in [1.29, 1.82) is 0 Å². The second-order valence-corrected chi connectivity index (χ2v) is 6.28. The predicted octanol–water partition coefficient (Wildman–Crippen LogP) is 2.20. The van der Waals surface area contributed by atoms with Crippen LogP contribution in [0.15, 0.2) is 0 Å². The van der Waals surface area contributed by atoms with E-state index in [2.05, 4.69) is 43.0 Å². The third kappa shape index (κ3) is 5.79. The summed E-state index contributed by atoms with van der Waals surface area (Å²) in [6, 6.07) is 0.802. The second kappa shape index (κ2) is 7.53. The van der Waals surface area contributed by atoms with Crippen molar-refractivity contribution in [2.75, 3.05) is 32.9 Å². The Kier molecular flexibility index (Phi) is 6.69. The van der Waals surface area contributed by atoms with Crippen LogP contribution < -0.4 is 5.32 Å². The van der Waals surface area contributed by atoms with Crippen LogP contribution in [-0.2, 0) is 0 Å². The lowest BCUT2D eigenvalue weighted by molar-refractivity contribution is 0.386. The van der Waals surface area contributed by atoms with Gasteiger partial charge < -0.3 is 10.2 Å². The van der Waals surface area contributed by atoms with Crippen molar-refractivity contribution in [3.05, 3.63) is 0 Å². The van der Waals surface area contributed by atoms with Gasteiger partial charge in [-0.1, -0.05) is 6.92 Å². The van der Waals surface area contributed by atoms with E-state index in [4.69, 9.17) is 0 Å². The van der Waals surface area contributed by atoms with Crippen molar-refractivity contribution in [3.8, 4) is 0 Å². The van der Waals surface area contributed by atoms with Crippen molar-refractivity contribution >= 4 is 11.8 Å². The van der Waals surface area contributed by atoms with E-state index in [1.807, 2.05) is 0 Å². The molecule has 2 unspecified atom stereocenters. The summed E-state index contributed by atoms with van der Waals surface area (Å²) in [5.41, 5.74) is 0. The first-order chi connectivity index (χ1) is 7.22. The van der Waals surface area contributed by atoms with Gasteiger partial charge in [0.15, 0.2) is 0 Å². The maximum atomic E-state index is 3.69. The molecule has 1 rings (SSSR count). The third-order valence-corrected chi connectivity index (χ3v) is 4.23. The fourth-order valence-electron chi connectivity index (χ4n) is 2.21. The Hall–Kier alpha value is 0.270. The molecule has 1 saturated carbocycles. The molecule has 0 aromatic rings. The highest BCUT2D eigenvalue weighted by Crippen LogP contribution is 2.29. The summed E-state index contributed by atoms with van der Waals surface area (Å²) >= 11 is 2.14. The molecule has 15 heavy (non-hydrogen) atoms. The summed E-state index contributed by atoms with van der Waals surface area (Å²) in [4.78, 5) is 2.26. The van der Waals surface area contributed by atoms with Gasteiger partial charge in [-0.3, -0.25) is 0 Å². The Bertz CT molecular complexity index is 162. The van der Waals surface area contributed by atoms with Gasteiger partial charge >= 0.3 is 0 Å². The van der Waals surface area contributed by atoms with Gasteiger partial charge in [-0.05, 0) is 58.6 Å². The number of rotatable bonds is 7. The van der Waals surface area contributed by atoms with Gasteiger partial charge in [0, 0.05) is 11.3 Å². The SMILES string of the molecule is CCSC1CCC(NCCCN(C)C)C1. The van der Waals surface area contributed by atoms with Gasteiger partial charge in [-0.15, -0.1) is 0 Å². The van der Waals surface area contributed by atoms with Crippen LogP contribution in [0.5, 0.6) is 0 Å². The first-order valence-corrected chi connectivity index (χ1v) is 7.27. The fourth-order valence-corrected chi connectivity index (χ4v) is 3.36. The Labute approximate surface area is 99.2 Å². The summed E-state index contributed by atoms with van der Waals surface area (Å²) in [7, 11) is 4.28. The third-order valence-electron chi connectivity index (χ3n) is 3.00. The molecule has 0 aromatic carbocycles. The first-order valence-electron chi connectivity index (χ1n) is 6.22. The molecule has 3 heteroatoms. The minimum absolute atomic E-state index is 0.802. The van der Waals surface area contributed by atoms with E-state index in [0.717, 1.165) is 11.3 Å². The van der Waals surface area contributed by atoms with Crippen LogP contribution in [0.2, 0.25) is 0 Å². The molecule has 90 valence electrons. The molecule has 0 saturated heterocycles. The molecule has 0 bridgehead atoms. The normalized spacial score (nSPS) is 26.4. The molecule has 0 amide bonds. The quantitative estimate of drug-likeness (QED) is 0.675. The average molecular weight is 230 g/mol. The monoisotopic (exact) mass is 230 g/mol. The summed E-state index contributed by atoms with van der Waals surface area (Å²) in [5.74, 6) is 1.28. The van der Waals surface area contributed by atoms with E-state index in [1.54, 1.807) is 0 Å². The summed E-state index contributed by atoms with van der Waals surface area (Å²) < 4.78 is 0. The van der Waals surface area contributed by atoms with Gasteiger partial charge in [0.05, 0.1) is 0 Å². The topological polar surface area (TPSA) is 15.3 Å². The minimum Gasteiger partial charge on any atom is -0.314 e. The van der Waals surface area contributed by atoms with Crippen molar-refractivity contribution in [2.45, 2.75) is 43.9 Å².